The Morgan fingerprint density at radius 2 is 2.13 bits per heavy atom. The number of nitrogens with one attached hydrogen (secondary N) is 1. The molecule has 1 heterocycles. The molecule has 0 radical (unpaired) electrons. The van der Waals surface area contributed by atoms with Crippen molar-refractivity contribution in [2.75, 3.05) is 0 Å². The molecule has 2 rings (SSSR count). The van der Waals surface area contributed by atoms with Crippen LogP contribution in [0, 0.1) is 11.8 Å². The Bertz CT molecular complexity index is 538. The average Bonchev–Trinajstić information content (AvgIpc) is 2.61. The monoisotopic (exact) mass is 198 g/mol. The van der Waals surface area contributed by atoms with Gasteiger partial charge in [0.1, 0.15) is 5.82 Å². The SMILES string of the molecule is CC#Cc1ccc2nc(C(C)C)[nH]c2c1. The Morgan fingerprint density at radius 1 is 1.33 bits per heavy atom. The standard InChI is InChI=1S/C13H14N2/c1-4-5-10-6-7-11-12(8-10)15-13(14-11)9(2)3/h6-9H,1-3H3,(H,14,15). The van der Waals surface area contributed by atoms with Crippen LogP contribution in [0.15, 0.2) is 18.2 Å². The maximum absolute atomic E-state index is 4.51. The average molecular weight is 198 g/mol. The summed E-state index contributed by atoms with van der Waals surface area (Å²) in [7, 11) is 0. The van der Waals surface area contributed by atoms with Gasteiger partial charge in [-0.1, -0.05) is 19.8 Å². The summed E-state index contributed by atoms with van der Waals surface area (Å²) < 4.78 is 0. The minimum atomic E-state index is 0.429. The largest absolute Gasteiger partial charge is 0.342 e. The fraction of sp³-hybridized carbons (Fsp3) is 0.308. The molecule has 0 unspecified atom stereocenters. The maximum atomic E-state index is 4.51. The summed E-state index contributed by atoms with van der Waals surface area (Å²) in [5.41, 5.74) is 3.11. The number of H-pyrrole nitrogens is 1. The number of hydrogen-bond acceptors (Lipinski definition) is 1. The van der Waals surface area contributed by atoms with E-state index in [2.05, 4.69) is 35.7 Å². The van der Waals surface area contributed by atoms with Crippen LogP contribution in [0.3, 0.4) is 0 Å². The summed E-state index contributed by atoms with van der Waals surface area (Å²) in [6.45, 7) is 6.10. The van der Waals surface area contributed by atoms with Gasteiger partial charge in [-0.3, -0.25) is 0 Å². The lowest BCUT2D eigenvalue weighted by Crippen LogP contribution is -1.88. The first-order chi connectivity index (χ1) is 7.20. The molecule has 2 nitrogen and oxygen atoms in total. The van der Waals surface area contributed by atoms with Crippen molar-refractivity contribution in [3.05, 3.63) is 29.6 Å². The highest BCUT2D eigenvalue weighted by molar-refractivity contribution is 5.77. The van der Waals surface area contributed by atoms with E-state index in [-0.39, 0.29) is 0 Å². The fourth-order valence-corrected chi connectivity index (χ4v) is 1.52. The third-order valence-corrected chi connectivity index (χ3v) is 2.32. The zero-order valence-electron chi connectivity index (χ0n) is 9.26. The Morgan fingerprint density at radius 3 is 2.80 bits per heavy atom. The quantitative estimate of drug-likeness (QED) is 0.701. The van der Waals surface area contributed by atoms with Crippen molar-refractivity contribution in [1.29, 1.82) is 0 Å². The van der Waals surface area contributed by atoms with Crippen LogP contribution in [0.25, 0.3) is 11.0 Å². The molecule has 0 aliphatic carbocycles. The zero-order valence-corrected chi connectivity index (χ0v) is 9.26. The lowest BCUT2D eigenvalue weighted by molar-refractivity contribution is 0.799. The molecule has 0 atom stereocenters. The molecule has 2 heteroatoms. The van der Waals surface area contributed by atoms with Crippen molar-refractivity contribution in [1.82, 2.24) is 9.97 Å². The highest BCUT2D eigenvalue weighted by Crippen LogP contribution is 2.17. The van der Waals surface area contributed by atoms with Gasteiger partial charge in [-0.05, 0) is 25.1 Å². The van der Waals surface area contributed by atoms with Gasteiger partial charge in [0, 0.05) is 11.5 Å². The minimum absolute atomic E-state index is 0.429. The number of nitrogens with zero attached hydrogens (tertiary/aromatic N) is 1. The summed E-state index contributed by atoms with van der Waals surface area (Å²) in [5, 5.41) is 0. The first-order valence-corrected chi connectivity index (χ1v) is 5.13. The van der Waals surface area contributed by atoms with Crippen LogP contribution in [0.1, 0.15) is 38.1 Å². The van der Waals surface area contributed by atoms with Crippen LogP contribution in [0.2, 0.25) is 0 Å². The molecule has 1 N–H and O–H groups in total. The van der Waals surface area contributed by atoms with Gasteiger partial charge in [-0.2, -0.15) is 0 Å². The number of benzene rings is 1. The molecule has 2 aromatic rings. The molecular formula is C13H14N2. The van der Waals surface area contributed by atoms with Crippen molar-refractivity contribution in [2.24, 2.45) is 0 Å². The molecule has 0 spiro atoms. The van der Waals surface area contributed by atoms with Gasteiger partial charge in [-0.25, -0.2) is 4.98 Å². The number of imidazole rings is 1. The molecule has 0 saturated heterocycles. The van der Waals surface area contributed by atoms with Gasteiger partial charge in [0.05, 0.1) is 11.0 Å². The first kappa shape index (κ1) is 9.79. The molecule has 1 aromatic carbocycles. The van der Waals surface area contributed by atoms with Crippen LogP contribution < -0.4 is 0 Å². The van der Waals surface area contributed by atoms with Gasteiger partial charge < -0.3 is 4.98 Å². The topological polar surface area (TPSA) is 28.7 Å². The summed E-state index contributed by atoms with van der Waals surface area (Å²) in [5.74, 6) is 7.40. The molecule has 0 saturated carbocycles. The van der Waals surface area contributed by atoms with Gasteiger partial charge >= 0.3 is 0 Å². The maximum Gasteiger partial charge on any atom is 0.109 e. The van der Waals surface area contributed by atoms with E-state index in [0.717, 1.165) is 22.4 Å². The fourth-order valence-electron chi connectivity index (χ4n) is 1.52. The van der Waals surface area contributed by atoms with Gasteiger partial charge in [0.15, 0.2) is 0 Å². The van der Waals surface area contributed by atoms with E-state index in [4.69, 9.17) is 0 Å². The highest BCUT2D eigenvalue weighted by atomic mass is 14.9. The van der Waals surface area contributed by atoms with Crippen LogP contribution in [0.4, 0.5) is 0 Å². The first-order valence-electron chi connectivity index (χ1n) is 5.13. The van der Waals surface area contributed by atoms with E-state index in [9.17, 15) is 0 Å². The Labute approximate surface area is 89.7 Å². The van der Waals surface area contributed by atoms with Gasteiger partial charge in [0.2, 0.25) is 0 Å². The molecule has 0 bridgehead atoms. The van der Waals surface area contributed by atoms with Crippen molar-refractivity contribution < 1.29 is 0 Å². The molecule has 15 heavy (non-hydrogen) atoms. The number of aromatic nitrogens is 2. The van der Waals surface area contributed by atoms with Crippen LogP contribution in [-0.2, 0) is 0 Å². The van der Waals surface area contributed by atoms with Crippen molar-refractivity contribution in [3.8, 4) is 11.8 Å². The smallest absolute Gasteiger partial charge is 0.109 e. The van der Waals surface area contributed by atoms with E-state index in [1.54, 1.807) is 0 Å². The minimum Gasteiger partial charge on any atom is -0.342 e. The molecule has 1 aromatic heterocycles. The van der Waals surface area contributed by atoms with Gasteiger partial charge in [0.25, 0.3) is 0 Å². The summed E-state index contributed by atoms with van der Waals surface area (Å²) >= 11 is 0. The summed E-state index contributed by atoms with van der Waals surface area (Å²) in [4.78, 5) is 7.82. The van der Waals surface area contributed by atoms with E-state index in [0.29, 0.717) is 5.92 Å². The molecule has 76 valence electrons. The second-order valence-corrected chi connectivity index (χ2v) is 3.88. The Balaban J connectivity index is 2.55. The molecular weight excluding hydrogens is 184 g/mol. The molecule has 0 amide bonds. The van der Waals surface area contributed by atoms with Crippen LogP contribution >= 0.6 is 0 Å². The van der Waals surface area contributed by atoms with E-state index in [1.165, 1.54) is 0 Å². The van der Waals surface area contributed by atoms with E-state index in [1.807, 2.05) is 25.1 Å². The third-order valence-electron chi connectivity index (χ3n) is 2.32. The lowest BCUT2D eigenvalue weighted by Gasteiger charge is -1.95. The van der Waals surface area contributed by atoms with Crippen molar-refractivity contribution in [2.45, 2.75) is 26.7 Å². The normalized spacial score (nSPS) is 10.4. The number of rotatable bonds is 1. The molecule has 0 fully saturated rings. The highest BCUT2D eigenvalue weighted by Gasteiger charge is 2.05. The second-order valence-electron chi connectivity index (χ2n) is 3.88. The number of fused-ring (bicyclic) bond motifs is 1. The zero-order chi connectivity index (χ0) is 10.8. The molecule has 0 aliphatic rings. The van der Waals surface area contributed by atoms with Gasteiger partial charge in [-0.15, -0.1) is 5.92 Å². The summed E-state index contributed by atoms with van der Waals surface area (Å²) in [6, 6.07) is 6.06. The predicted octanol–water partition coefficient (Wildman–Crippen LogP) is 3.06. The second kappa shape index (κ2) is 3.78. The predicted molar refractivity (Wildman–Crippen MR) is 62.7 cm³/mol. The van der Waals surface area contributed by atoms with E-state index >= 15 is 0 Å². The number of hydrogen-bond donors (Lipinski definition) is 1. The Hall–Kier alpha value is -1.75. The van der Waals surface area contributed by atoms with Crippen molar-refractivity contribution in [3.63, 3.8) is 0 Å². The Kier molecular flexibility index (Phi) is 2.47. The van der Waals surface area contributed by atoms with Crippen LogP contribution in [-0.4, -0.2) is 9.97 Å². The summed E-state index contributed by atoms with van der Waals surface area (Å²) in [6.07, 6.45) is 0. The van der Waals surface area contributed by atoms with Crippen LogP contribution in [0.5, 0.6) is 0 Å². The van der Waals surface area contributed by atoms with E-state index < -0.39 is 0 Å². The van der Waals surface area contributed by atoms with Crippen molar-refractivity contribution >= 4 is 11.0 Å². The molecule has 0 aliphatic heterocycles. The lowest BCUT2D eigenvalue weighted by atomic mass is 10.2. The number of aromatic amines is 1. The third kappa shape index (κ3) is 1.87.